The van der Waals surface area contributed by atoms with Crippen molar-refractivity contribution in [3.8, 4) is 5.75 Å². The molecule has 4 nitrogen and oxygen atoms in total. The maximum atomic E-state index is 13.0. The zero-order valence-electron chi connectivity index (χ0n) is 12.8. The molecular weight excluding hydrogens is 335 g/mol. The molecule has 3 aliphatic heterocycles. The molecule has 0 saturated carbocycles. The number of halogens is 2. The van der Waals surface area contributed by atoms with Crippen molar-refractivity contribution in [3.63, 3.8) is 0 Å². The van der Waals surface area contributed by atoms with Crippen molar-refractivity contribution in [1.29, 1.82) is 0 Å². The number of fused-ring (bicyclic) bond motifs is 3. The largest absolute Gasteiger partial charge is 0.488 e. The van der Waals surface area contributed by atoms with Gasteiger partial charge in [0.2, 0.25) is 0 Å². The fourth-order valence-corrected chi connectivity index (χ4v) is 3.93. The van der Waals surface area contributed by atoms with E-state index in [1.54, 1.807) is 0 Å². The predicted molar refractivity (Wildman–Crippen MR) is 93.3 cm³/mol. The van der Waals surface area contributed by atoms with Gasteiger partial charge in [0.05, 0.1) is 5.57 Å². The number of carbonyl (C=O) groups excluding carboxylic acids is 1. The molecule has 0 aromatic heterocycles. The molecule has 2 fully saturated rings. The molecule has 0 radical (unpaired) electrons. The third-order valence-electron chi connectivity index (χ3n) is 4.85. The van der Waals surface area contributed by atoms with Crippen molar-refractivity contribution in [1.82, 2.24) is 10.2 Å². The number of ether oxygens (including phenoxy) is 1. The van der Waals surface area contributed by atoms with Crippen LogP contribution in [0.4, 0.5) is 0 Å². The summed E-state index contributed by atoms with van der Waals surface area (Å²) in [7, 11) is 0. The van der Waals surface area contributed by atoms with Crippen LogP contribution in [0.1, 0.15) is 24.8 Å². The van der Waals surface area contributed by atoms with Gasteiger partial charge in [0, 0.05) is 29.2 Å². The molecule has 6 heteroatoms. The first kappa shape index (κ1) is 16.6. The Bertz CT molecular complexity index is 633. The summed E-state index contributed by atoms with van der Waals surface area (Å²) in [6.45, 7) is 2.24. The van der Waals surface area contributed by atoms with E-state index < -0.39 is 0 Å². The Kier molecular flexibility index (Phi) is 4.85. The Morgan fingerprint density at radius 1 is 1.26 bits per heavy atom. The molecule has 2 unspecified atom stereocenters. The average Bonchev–Trinajstić information content (AvgIpc) is 2.78. The normalized spacial score (nSPS) is 25.6. The molecule has 2 saturated heterocycles. The highest BCUT2D eigenvalue weighted by Gasteiger charge is 2.39. The van der Waals surface area contributed by atoms with Crippen molar-refractivity contribution in [3.05, 3.63) is 34.4 Å². The molecule has 4 rings (SSSR count). The summed E-state index contributed by atoms with van der Waals surface area (Å²) >= 11 is 6.04. The third kappa shape index (κ3) is 3.08. The lowest BCUT2D eigenvalue weighted by Crippen LogP contribution is -2.44. The average molecular weight is 355 g/mol. The highest BCUT2D eigenvalue weighted by Crippen LogP contribution is 2.33. The molecule has 2 bridgehead atoms. The summed E-state index contributed by atoms with van der Waals surface area (Å²) in [6, 6.07) is 6.20. The molecule has 3 aliphatic rings. The molecule has 23 heavy (non-hydrogen) atoms. The third-order valence-corrected chi connectivity index (χ3v) is 5.08. The van der Waals surface area contributed by atoms with Gasteiger partial charge in [-0.25, -0.2) is 0 Å². The summed E-state index contributed by atoms with van der Waals surface area (Å²) in [6.07, 6.45) is 5.19. The smallest absolute Gasteiger partial charge is 0.253 e. The predicted octanol–water partition coefficient (Wildman–Crippen LogP) is 2.89. The lowest BCUT2D eigenvalue weighted by Gasteiger charge is -2.30. The minimum absolute atomic E-state index is 0. The number of nitrogens with one attached hydrogen (secondary N) is 1. The zero-order chi connectivity index (χ0) is 15.1. The van der Waals surface area contributed by atoms with E-state index in [1.165, 1.54) is 0 Å². The van der Waals surface area contributed by atoms with Gasteiger partial charge in [0.25, 0.3) is 5.91 Å². The molecule has 124 valence electrons. The molecule has 3 heterocycles. The van der Waals surface area contributed by atoms with Crippen LogP contribution < -0.4 is 10.1 Å². The van der Waals surface area contributed by atoms with Crippen LogP contribution in [0.2, 0.25) is 5.02 Å². The van der Waals surface area contributed by atoms with Crippen LogP contribution >= 0.6 is 24.0 Å². The Hall–Kier alpha value is -1.23. The Morgan fingerprint density at radius 3 is 2.96 bits per heavy atom. The number of hydrogen-bond acceptors (Lipinski definition) is 3. The molecule has 2 atom stereocenters. The SMILES string of the molecule is Cl.O=C(C1=Cc2cc(Cl)ccc2OC1)N1C2CCNCC1CC2. The number of benzene rings is 1. The maximum absolute atomic E-state index is 13.0. The van der Waals surface area contributed by atoms with Crippen LogP contribution in [-0.2, 0) is 4.79 Å². The summed E-state index contributed by atoms with van der Waals surface area (Å²) in [5.41, 5.74) is 1.62. The monoisotopic (exact) mass is 354 g/mol. The Morgan fingerprint density at radius 2 is 2.09 bits per heavy atom. The van der Waals surface area contributed by atoms with Crippen molar-refractivity contribution in [2.24, 2.45) is 0 Å². The summed E-state index contributed by atoms with van der Waals surface area (Å²) < 4.78 is 5.74. The topological polar surface area (TPSA) is 41.6 Å². The van der Waals surface area contributed by atoms with E-state index in [0.29, 0.717) is 23.7 Å². The number of nitrogens with zero attached hydrogens (tertiary/aromatic N) is 1. The van der Waals surface area contributed by atoms with Crippen molar-refractivity contribution in [2.75, 3.05) is 19.7 Å². The van der Waals surface area contributed by atoms with Crippen molar-refractivity contribution < 1.29 is 9.53 Å². The van der Waals surface area contributed by atoms with E-state index in [9.17, 15) is 4.79 Å². The first-order valence-corrected chi connectivity index (χ1v) is 8.26. The minimum Gasteiger partial charge on any atom is -0.488 e. The zero-order valence-corrected chi connectivity index (χ0v) is 14.3. The van der Waals surface area contributed by atoms with E-state index in [-0.39, 0.29) is 18.3 Å². The Balaban J connectivity index is 0.00000156. The molecule has 0 aliphatic carbocycles. The van der Waals surface area contributed by atoms with Gasteiger partial charge in [-0.2, -0.15) is 0 Å². The van der Waals surface area contributed by atoms with Crippen LogP contribution in [0.3, 0.4) is 0 Å². The second kappa shape index (κ2) is 6.71. The second-order valence-electron chi connectivity index (χ2n) is 6.23. The molecule has 1 amide bonds. The van der Waals surface area contributed by atoms with Crippen LogP contribution in [0.15, 0.2) is 23.8 Å². The van der Waals surface area contributed by atoms with Gasteiger partial charge < -0.3 is 15.0 Å². The minimum atomic E-state index is 0. The molecule has 0 spiro atoms. The van der Waals surface area contributed by atoms with Gasteiger partial charge in [-0.05, 0) is 50.1 Å². The van der Waals surface area contributed by atoms with Crippen molar-refractivity contribution >= 4 is 36.0 Å². The van der Waals surface area contributed by atoms with E-state index in [4.69, 9.17) is 16.3 Å². The Labute approximate surface area is 147 Å². The van der Waals surface area contributed by atoms with Crippen LogP contribution in [0, 0.1) is 0 Å². The quantitative estimate of drug-likeness (QED) is 0.842. The van der Waals surface area contributed by atoms with Gasteiger partial charge in [-0.15, -0.1) is 12.4 Å². The second-order valence-corrected chi connectivity index (χ2v) is 6.67. The fourth-order valence-electron chi connectivity index (χ4n) is 3.75. The first-order valence-electron chi connectivity index (χ1n) is 7.88. The molecule has 1 aromatic carbocycles. The lowest BCUT2D eigenvalue weighted by molar-refractivity contribution is -0.129. The van der Waals surface area contributed by atoms with Gasteiger partial charge in [0.1, 0.15) is 12.4 Å². The highest BCUT2D eigenvalue weighted by molar-refractivity contribution is 6.30. The van der Waals surface area contributed by atoms with Crippen LogP contribution in [0.25, 0.3) is 6.08 Å². The van der Waals surface area contributed by atoms with E-state index in [2.05, 4.69) is 10.2 Å². The molecule has 1 N–H and O–H groups in total. The van der Waals surface area contributed by atoms with Gasteiger partial charge in [-0.3, -0.25) is 4.79 Å². The summed E-state index contributed by atoms with van der Waals surface area (Å²) in [5, 5.41) is 4.09. The van der Waals surface area contributed by atoms with E-state index >= 15 is 0 Å². The van der Waals surface area contributed by atoms with E-state index in [0.717, 1.165) is 49.2 Å². The summed E-state index contributed by atoms with van der Waals surface area (Å²) in [4.78, 5) is 15.1. The van der Waals surface area contributed by atoms with Gasteiger partial charge in [0.15, 0.2) is 0 Å². The van der Waals surface area contributed by atoms with Gasteiger partial charge in [-0.1, -0.05) is 11.6 Å². The molecule has 1 aromatic rings. The number of rotatable bonds is 1. The number of carbonyl (C=O) groups is 1. The summed E-state index contributed by atoms with van der Waals surface area (Å²) in [5.74, 6) is 0.920. The van der Waals surface area contributed by atoms with Crippen LogP contribution in [-0.4, -0.2) is 42.6 Å². The standard InChI is InChI=1S/C17H19ClN2O2.ClH/c18-13-1-4-16-11(8-13)7-12(10-22-16)17(21)20-14-2-3-15(20)9-19-6-5-14;/h1,4,7-8,14-15,19H,2-3,5-6,9-10H2;1H. The number of amides is 1. The van der Waals surface area contributed by atoms with Gasteiger partial charge >= 0.3 is 0 Å². The van der Waals surface area contributed by atoms with Crippen LogP contribution in [0.5, 0.6) is 5.75 Å². The lowest BCUT2D eigenvalue weighted by atomic mass is 10.1. The van der Waals surface area contributed by atoms with Crippen molar-refractivity contribution in [2.45, 2.75) is 31.3 Å². The molecular formula is C17H20Cl2N2O2. The number of hydrogen-bond donors (Lipinski definition) is 1. The maximum Gasteiger partial charge on any atom is 0.253 e. The first-order chi connectivity index (χ1) is 10.7. The van der Waals surface area contributed by atoms with E-state index in [1.807, 2.05) is 24.3 Å². The highest BCUT2D eigenvalue weighted by atomic mass is 35.5. The fraction of sp³-hybridized carbons (Fsp3) is 0.471.